The van der Waals surface area contributed by atoms with E-state index in [4.69, 9.17) is 11.6 Å². The average molecular weight is 428 g/mol. The molecule has 3 nitrogen and oxygen atoms in total. The Morgan fingerprint density at radius 2 is 1.59 bits per heavy atom. The number of ketones is 1. The van der Waals surface area contributed by atoms with E-state index in [1.807, 2.05) is 24.3 Å². The molecule has 0 saturated carbocycles. The molecule has 0 saturated heterocycles. The molecule has 1 aliphatic rings. The summed E-state index contributed by atoms with van der Waals surface area (Å²) in [6, 6.07) is 15.5. The molecule has 1 atom stereocenters. The number of carbonyl (C=O) groups is 2. The number of Topliss-reactive ketones (excluding diaryl/α,β-unsaturated/α-hetero) is 1. The zero-order chi connectivity index (χ0) is 21.0. The average Bonchev–Trinajstić information content (AvgIpc) is 3.02. The summed E-state index contributed by atoms with van der Waals surface area (Å²) >= 11 is 7.52. The molecule has 1 unspecified atom stereocenters. The molecule has 1 amide bonds. The third-order valence-electron chi connectivity index (χ3n) is 5.16. The van der Waals surface area contributed by atoms with Gasteiger partial charge in [-0.05, 0) is 16.5 Å². The number of amides is 1. The van der Waals surface area contributed by atoms with Gasteiger partial charge in [0.1, 0.15) is 9.34 Å². The van der Waals surface area contributed by atoms with Crippen LogP contribution in [0.2, 0.25) is 4.34 Å². The molecular weight excluding hydrogens is 409 g/mol. The van der Waals surface area contributed by atoms with Crippen molar-refractivity contribution in [3.63, 3.8) is 0 Å². The van der Waals surface area contributed by atoms with E-state index in [9.17, 15) is 9.59 Å². The van der Waals surface area contributed by atoms with E-state index in [1.54, 1.807) is 18.2 Å². The van der Waals surface area contributed by atoms with Crippen molar-refractivity contribution in [1.29, 1.82) is 0 Å². The number of thiophene rings is 1. The third kappa shape index (κ3) is 3.09. The van der Waals surface area contributed by atoms with Gasteiger partial charge in [0, 0.05) is 11.1 Å². The number of nitrogens with one attached hydrogen (secondary N) is 1. The Morgan fingerprint density at radius 1 is 0.966 bits per heavy atom. The van der Waals surface area contributed by atoms with Gasteiger partial charge in [-0.1, -0.05) is 87.0 Å². The van der Waals surface area contributed by atoms with Crippen LogP contribution in [0.25, 0.3) is 11.1 Å². The molecule has 6 heteroatoms. The smallest absolute Gasteiger partial charge is 0.275 e. The lowest BCUT2D eigenvalue weighted by Crippen LogP contribution is -2.47. The normalized spacial score (nSPS) is 19.1. The maximum absolute atomic E-state index is 15.9. The monoisotopic (exact) mass is 427 g/mol. The van der Waals surface area contributed by atoms with E-state index in [1.165, 1.54) is 12.1 Å². The summed E-state index contributed by atoms with van der Waals surface area (Å²) in [6.07, 6.45) is 0. The Morgan fingerprint density at radius 3 is 2.17 bits per heavy atom. The third-order valence-corrected chi connectivity index (χ3v) is 6.47. The number of anilines is 1. The summed E-state index contributed by atoms with van der Waals surface area (Å²) in [7, 11) is 0. The van der Waals surface area contributed by atoms with E-state index < -0.39 is 17.4 Å². The Hall–Kier alpha value is -2.50. The van der Waals surface area contributed by atoms with Gasteiger partial charge in [-0.2, -0.15) is 0 Å². The van der Waals surface area contributed by atoms with Crippen LogP contribution in [0.3, 0.4) is 0 Å². The maximum Gasteiger partial charge on any atom is 0.275 e. The minimum atomic E-state index is -2.79. The fourth-order valence-electron chi connectivity index (χ4n) is 3.50. The molecule has 1 aliphatic heterocycles. The molecule has 4 rings (SSSR count). The van der Waals surface area contributed by atoms with Crippen LogP contribution in [0.5, 0.6) is 0 Å². The fraction of sp³-hybridized carbons (Fsp3) is 0.217. The van der Waals surface area contributed by atoms with Gasteiger partial charge in [-0.3, -0.25) is 9.59 Å². The number of halogens is 2. The highest BCUT2D eigenvalue weighted by atomic mass is 35.5. The zero-order valence-corrected chi connectivity index (χ0v) is 17.7. The van der Waals surface area contributed by atoms with Crippen LogP contribution in [-0.4, -0.2) is 11.7 Å². The van der Waals surface area contributed by atoms with Crippen LogP contribution in [0.4, 0.5) is 9.39 Å². The molecule has 0 aliphatic carbocycles. The van der Waals surface area contributed by atoms with Crippen molar-refractivity contribution in [2.45, 2.75) is 31.9 Å². The van der Waals surface area contributed by atoms with E-state index >= 15 is 4.39 Å². The van der Waals surface area contributed by atoms with Gasteiger partial charge in [-0.15, -0.1) is 11.3 Å². The van der Waals surface area contributed by atoms with Crippen molar-refractivity contribution in [3.05, 3.63) is 75.6 Å². The summed E-state index contributed by atoms with van der Waals surface area (Å²) in [6.45, 7) is 6.33. The predicted octanol–water partition coefficient (Wildman–Crippen LogP) is 6.37. The number of fused-ring (bicyclic) bond motifs is 1. The van der Waals surface area contributed by atoms with Gasteiger partial charge in [-0.25, -0.2) is 4.39 Å². The molecule has 0 radical (unpaired) electrons. The van der Waals surface area contributed by atoms with Crippen molar-refractivity contribution in [2.24, 2.45) is 0 Å². The first-order valence-corrected chi connectivity index (χ1v) is 10.4. The van der Waals surface area contributed by atoms with Crippen LogP contribution in [0.1, 0.15) is 42.3 Å². The van der Waals surface area contributed by atoms with Crippen molar-refractivity contribution in [2.75, 3.05) is 5.32 Å². The first-order chi connectivity index (χ1) is 13.6. The van der Waals surface area contributed by atoms with Gasteiger partial charge < -0.3 is 5.32 Å². The zero-order valence-electron chi connectivity index (χ0n) is 16.2. The van der Waals surface area contributed by atoms with Crippen LogP contribution >= 0.6 is 22.9 Å². The first-order valence-electron chi connectivity index (χ1n) is 9.18. The van der Waals surface area contributed by atoms with Crippen molar-refractivity contribution in [3.8, 4) is 11.1 Å². The second kappa shape index (κ2) is 6.78. The van der Waals surface area contributed by atoms with Crippen molar-refractivity contribution >= 4 is 39.6 Å². The van der Waals surface area contributed by atoms with E-state index in [2.05, 4.69) is 26.1 Å². The van der Waals surface area contributed by atoms with E-state index in [0.717, 1.165) is 16.9 Å². The molecule has 0 spiro atoms. The van der Waals surface area contributed by atoms with Crippen molar-refractivity contribution in [1.82, 2.24) is 0 Å². The molecule has 0 bridgehead atoms. The standard InChI is InChI=1S/C23H19ClFNO2S/c1-22(2,3)14-11-9-13(10-12-14)16-17-18(27)23(25,15-7-5-4-6-8-15)21(28)26-20(17)29-19(16)24/h4-12H,1-3H3,(H,26,28). The highest BCUT2D eigenvalue weighted by molar-refractivity contribution is 7.21. The molecule has 0 fully saturated rings. The summed E-state index contributed by atoms with van der Waals surface area (Å²) in [4.78, 5) is 25.9. The number of alkyl halides is 1. The van der Waals surface area contributed by atoms with Gasteiger partial charge in [0.2, 0.25) is 5.78 Å². The van der Waals surface area contributed by atoms with Crippen LogP contribution in [-0.2, 0) is 15.9 Å². The van der Waals surface area contributed by atoms with Gasteiger partial charge in [0.05, 0.1) is 5.56 Å². The maximum atomic E-state index is 15.9. The summed E-state index contributed by atoms with van der Waals surface area (Å²) in [5, 5.41) is 2.83. The van der Waals surface area contributed by atoms with Crippen molar-refractivity contribution < 1.29 is 14.0 Å². The second-order valence-corrected chi connectivity index (χ2v) is 9.71. The summed E-state index contributed by atoms with van der Waals surface area (Å²) in [5.41, 5.74) is -0.403. The SMILES string of the molecule is CC(C)(C)c1ccc(-c2c(Cl)sc3c2C(=O)C(F)(c2ccccc2)C(=O)N3)cc1. The Kier molecular flexibility index (Phi) is 4.63. The second-order valence-electron chi connectivity index (χ2n) is 8.09. The Bertz CT molecular complexity index is 1120. The number of benzene rings is 2. The molecule has 2 heterocycles. The molecule has 148 valence electrons. The number of hydrogen-bond acceptors (Lipinski definition) is 3. The quantitative estimate of drug-likeness (QED) is 0.483. The highest BCUT2D eigenvalue weighted by Crippen LogP contribution is 2.49. The number of hydrogen-bond donors (Lipinski definition) is 1. The minimum Gasteiger partial charge on any atom is -0.313 e. The molecule has 3 aromatic rings. The fourth-order valence-corrected chi connectivity index (χ4v) is 4.87. The lowest BCUT2D eigenvalue weighted by molar-refractivity contribution is -0.125. The summed E-state index contributed by atoms with van der Waals surface area (Å²) < 4.78 is 16.2. The van der Waals surface area contributed by atoms with Gasteiger partial charge >= 0.3 is 0 Å². The topological polar surface area (TPSA) is 46.2 Å². The highest BCUT2D eigenvalue weighted by Gasteiger charge is 2.54. The lowest BCUT2D eigenvalue weighted by Gasteiger charge is -2.28. The van der Waals surface area contributed by atoms with Crippen LogP contribution in [0.15, 0.2) is 54.6 Å². The van der Waals surface area contributed by atoms with E-state index in [0.29, 0.717) is 15.5 Å². The summed E-state index contributed by atoms with van der Waals surface area (Å²) in [5.74, 6) is -1.88. The predicted molar refractivity (Wildman–Crippen MR) is 116 cm³/mol. The molecular formula is C23H19ClFNO2S. The number of carbonyl (C=O) groups excluding carboxylic acids is 2. The van der Waals surface area contributed by atoms with E-state index in [-0.39, 0.29) is 21.5 Å². The molecule has 29 heavy (non-hydrogen) atoms. The van der Waals surface area contributed by atoms with Gasteiger partial charge in [0.15, 0.2) is 0 Å². The Balaban J connectivity index is 1.87. The number of rotatable bonds is 2. The van der Waals surface area contributed by atoms with Crippen LogP contribution in [0, 0.1) is 0 Å². The van der Waals surface area contributed by atoms with Crippen LogP contribution < -0.4 is 5.32 Å². The molecule has 1 aromatic heterocycles. The lowest BCUT2D eigenvalue weighted by atomic mass is 9.82. The van der Waals surface area contributed by atoms with Gasteiger partial charge in [0.25, 0.3) is 11.6 Å². The minimum absolute atomic E-state index is 0.00417. The molecule has 1 N–H and O–H groups in total. The first kappa shape index (κ1) is 19.8. The Labute approximate surface area is 177 Å². The molecule has 2 aromatic carbocycles. The largest absolute Gasteiger partial charge is 0.313 e.